The van der Waals surface area contributed by atoms with Gasteiger partial charge in [0, 0.05) is 18.5 Å². The quantitative estimate of drug-likeness (QED) is 0.789. The molecule has 7 heteroatoms. The van der Waals surface area contributed by atoms with Gasteiger partial charge in [-0.1, -0.05) is 30.0 Å². The van der Waals surface area contributed by atoms with Crippen molar-refractivity contribution in [3.63, 3.8) is 0 Å². The van der Waals surface area contributed by atoms with Gasteiger partial charge in [-0.2, -0.15) is 0 Å². The van der Waals surface area contributed by atoms with E-state index < -0.39 is 5.97 Å². The highest BCUT2D eigenvalue weighted by Gasteiger charge is 2.14. The molecular formula is C14H17N3O3S. The monoisotopic (exact) mass is 307 g/mol. The van der Waals surface area contributed by atoms with E-state index in [2.05, 4.69) is 10.2 Å². The highest BCUT2D eigenvalue weighted by Crippen LogP contribution is 2.23. The molecule has 0 aliphatic heterocycles. The summed E-state index contributed by atoms with van der Waals surface area (Å²) in [4.78, 5) is 10.7. The molecule has 0 saturated carbocycles. The number of hydrogen-bond acceptors (Lipinski definition) is 5. The number of methoxy groups -OCH3 is 1. The largest absolute Gasteiger partial charge is 0.496 e. The molecule has 6 nitrogen and oxygen atoms in total. The van der Waals surface area contributed by atoms with E-state index >= 15 is 0 Å². The Bertz CT molecular complexity index is 628. The summed E-state index contributed by atoms with van der Waals surface area (Å²) >= 11 is 1.18. The summed E-state index contributed by atoms with van der Waals surface area (Å²) in [5, 5.41) is 17.6. The Morgan fingerprint density at radius 1 is 1.38 bits per heavy atom. The number of ether oxygens (including phenoxy) is 1. The molecule has 1 aromatic carbocycles. The number of para-hydroxylation sites is 1. The van der Waals surface area contributed by atoms with E-state index in [9.17, 15) is 4.79 Å². The van der Waals surface area contributed by atoms with Crippen molar-refractivity contribution >= 4 is 17.7 Å². The van der Waals surface area contributed by atoms with Gasteiger partial charge in [-0.05, 0) is 13.0 Å². The summed E-state index contributed by atoms with van der Waals surface area (Å²) in [6, 6.07) is 7.76. The second-order valence-corrected chi connectivity index (χ2v) is 5.26. The first-order valence-electron chi connectivity index (χ1n) is 6.54. The van der Waals surface area contributed by atoms with Gasteiger partial charge in [0.2, 0.25) is 0 Å². The van der Waals surface area contributed by atoms with Gasteiger partial charge in [0.05, 0.1) is 12.9 Å². The summed E-state index contributed by atoms with van der Waals surface area (Å²) in [6.07, 6.45) is 0.596. The Balaban J connectivity index is 2.22. The van der Waals surface area contributed by atoms with Crippen LogP contribution in [0.25, 0.3) is 0 Å². The Morgan fingerprint density at radius 2 is 2.14 bits per heavy atom. The van der Waals surface area contributed by atoms with Crippen molar-refractivity contribution in [3.05, 3.63) is 35.7 Å². The van der Waals surface area contributed by atoms with Crippen LogP contribution in [0, 0.1) is 0 Å². The third-order valence-electron chi connectivity index (χ3n) is 2.98. The zero-order valence-corrected chi connectivity index (χ0v) is 12.8. The van der Waals surface area contributed by atoms with Gasteiger partial charge < -0.3 is 14.4 Å². The van der Waals surface area contributed by atoms with Crippen LogP contribution in [0.5, 0.6) is 5.75 Å². The number of nitrogens with zero attached hydrogens (tertiary/aromatic N) is 3. The highest BCUT2D eigenvalue weighted by molar-refractivity contribution is 7.99. The van der Waals surface area contributed by atoms with Crippen LogP contribution >= 0.6 is 11.8 Å². The fourth-order valence-electron chi connectivity index (χ4n) is 2.02. The molecule has 0 bridgehead atoms. The average molecular weight is 307 g/mol. The number of thioether (sulfide) groups is 1. The normalized spacial score (nSPS) is 10.6. The van der Waals surface area contributed by atoms with Crippen molar-refractivity contribution in [3.8, 4) is 5.75 Å². The highest BCUT2D eigenvalue weighted by atomic mass is 32.2. The van der Waals surface area contributed by atoms with Gasteiger partial charge >= 0.3 is 5.97 Å². The number of rotatable bonds is 7. The topological polar surface area (TPSA) is 77.2 Å². The first kappa shape index (κ1) is 15.4. The van der Waals surface area contributed by atoms with Gasteiger partial charge in [-0.3, -0.25) is 4.79 Å². The second-order valence-electron chi connectivity index (χ2n) is 4.31. The number of aliphatic carboxylic acids is 1. The van der Waals surface area contributed by atoms with Crippen LogP contribution in [0.2, 0.25) is 0 Å². The lowest BCUT2D eigenvalue weighted by Crippen LogP contribution is -2.06. The van der Waals surface area contributed by atoms with Crippen molar-refractivity contribution in [2.75, 3.05) is 12.9 Å². The lowest BCUT2D eigenvalue weighted by Gasteiger charge is -2.09. The Kier molecular flexibility index (Phi) is 5.21. The van der Waals surface area contributed by atoms with Crippen LogP contribution in [0.1, 0.15) is 18.3 Å². The number of carboxylic acids is 1. The van der Waals surface area contributed by atoms with E-state index in [1.54, 1.807) is 7.11 Å². The maximum absolute atomic E-state index is 10.7. The molecule has 0 saturated heterocycles. The van der Waals surface area contributed by atoms with E-state index in [4.69, 9.17) is 9.84 Å². The predicted octanol–water partition coefficient (Wildman–Crippen LogP) is 2.07. The molecule has 0 aliphatic rings. The number of aromatic nitrogens is 3. The van der Waals surface area contributed by atoms with Crippen molar-refractivity contribution in [2.45, 2.75) is 25.0 Å². The molecule has 2 rings (SSSR count). The number of hydrogen-bond donors (Lipinski definition) is 1. The summed E-state index contributed by atoms with van der Waals surface area (Å²) in [5.74, 6) is 0.724. The minimum atomic E-state index is -0.864. The molecule has 2 aromatic rings. The molecule has 0 aliphatic carbocycles. The van der Waals surface area contributed by atoms with Crippen LogP contribution in [0.4, 0.5) is 0 Å². The molecule has 1 N–H and O–H groups in total. The molecular weight excluding hydrogens is 290 g/mol. The van der Waals surface area contributed by atoms with E-state index in [1.165, 1.54) is 11.8 Å². The van der Waals surface area contributed by atoms with E-state index in [-0.39, 0.29) is 5.75 Å². The second kappa shape index (κ2) is 7.12. The van der Waals surface area contributed by atoms with Crippen molar-refractivity contribution in [2.24, 2.45) is 0 Å². The Labute approximate surface area is 127 Å². The molecule has 1 heterocycles. The maximum Gasteiger partial charge on any atom is 0.313 e. The molecule has 0 unspecified atom stereocenters. The SMILES string of the molecule is CCn1c(Cc2ccccc2OC)nnc1SCC(=O)O. The number of carboxylic acid groups (broad SMARTS) is 1. The van der Waals surface area contributed by atoms with Crippen LogP contribution in [0.15, 0.2) is 29.4 Å². The molecule has 0 atom stereocenters. The van der Waals surface area contributed by atoms with Crippen molar-refractivity contribution < 1.29 is 14.6 Å². The smallest absolute Gasteiger partial charge is 0.313 e. The first-order valence-corrected chi connectivity index (χ1v) is 7.52. The first-order chi connectivity index (χ1) is 10.2. The van der Waals surface area contributed by atoms with Gasteiger partial charge in [0.1, 0.15) is 11.6 Å². The van der Waals surface area contributed by atoms with E-state index in [0.29, 0.717) is 18.1 Å². The van der Waals surface area contributed by atoms with Crippen LogP contribution in [-0.4, -0.2) is 38.7 Å². The lowest BCUT2D eigenvalue weighted by molar-refractivity contribution is -0.133. The summed E-state index contributed by atoms with van der Waals surface area (Å²) in [6.45, 7) is 2.68. The molecule has 0 fully saturated rings. The van der Waals surface area contributed by atoms with Gasteiger partial charge in [-0.15, -0.1) is 10.2 Å². The third kappa shape index (κ3) is 3.75. The molecule has 0 spiro atoms. The molecule has 21 heavy (non-hydrogen) atoms. The van der Waals surface area contributed by atoms with E-state index in [0.717, 1.165) is 17.1 Å². The van der Waals surface area contributed by atoms with Gasteiger partial charge in [-0.25, -0.2) is 0 Å². The third-order valence-corrected chi connectivity index (χ3v) is 3.93. The van der Waals surface area contributed by atoms with Gasteiger partial charge in [0.25, 0.3) is 0 Å². The maximum atomic E-state index is 10.7. The number of benzene rings is 1. The fourth-order valence-corrected chi connectivity index (χ4v) is 2.76. The summed E-state index contributed by atoms with van der Waals surface area (Å²) in [5.41, 5.74) is 1.02. The predicted molar refractivity (Wildman–Crippen MR) is 79.9 cm³/mol. The van der Waals surface area contributed by atoms with Crippen LogP contribution < -0.4 is 4.74 Å². The minimum absolute atomic E-state index is 0.0210. The minimum Gasteiger partial charge on any atom is -0.496 e. The molecule has 112 valence electrons. The number of carbonyl (C=O) groups is 1. The van der Waals surface area contributed by atoms with Crippen LogP contribution in [-0.2, 0) is 17.8 Å². The summed E-state index contributed by atoms with van der Waals surface area (Å²) in [7, 11) is 1.64. The standard InChI is InChI=1S/C14H17N3O3S/c1-3-17-12(15-16-14(17)21-9-13(18)19)8-10-6-4-5-7-11(10)20-2/h4-7H,3,8-9H2,1-2H3,(H,18,19). The summed E-state index contributed by atoms with van der Waals surface area (Å²) < 4.78 is 7.27. The fraction of sp³-hybridized carbons (Fsp3) is 0.357. The van der Waals surface area contributed by atoms with Crippen molar-refractivity contribution in [1.29, 1.82) is 0 Å². The van der Waals surface area contributed by atoms with Crippen molar-refractivity contribution in [1.82, 2.24) is 14.8 Å². The molecule has 0 radical (unpaired) electrons. The molecule has 1 aromatic heterocycles. The van der Waals surface area contributed by atoms with Gasteiger partial charge in [0.15, 0.2) is 5.16 Å². The zero-order chi connectivity index (χ0) is 15.2. The Morgan fingerprint density at radius 3 is 2.81 bits per heavy atom. The Hall–Kier alpha value is -2.02. The average Bonchev–Trinajstić information content (AvgIpc) is 2.87. The zero-order valence-electron chi connectivity index (χ0n) is 11.9. The lowest BCUT2D eigenvalue weighted by atomic mass is 10.1. The molecule has 0 amide bonds. The van der Waals surface area contributed by atoms with E-state index in [1.807, 2.05) is 35.8 Å². The van der Waals surface area contributed by atoms with Crippen LogP contribution in [0.3, 0.4) is 0 Å².